The fourth-order valence-corrected chi connectivity index (χ4v) is 4.88. The molecule has 18 heavy (non-hydrogen) atoms. The first-order valence-corrected chi connectivity index (χ1v) is 7.52. The van der Waals surface area contributed by atoms with Crippen LogP contribution in [-0.4, -0.2) is 11.6 Å². The Labute approximate surface area is 110 Å². The molecule has 4 fully saturated rings. The minimum absolute atomic E-state index is 0.0537. The minimum Gasteiger partial charge on any atom is -0.456 e. The maximum absolute atomic E-state index is 12.2. The number of hydrogen-bond acceptors (Lipinski definition) is 2. The molecule has 4 aliphatic rings. The topological polar surface area (TPSA) is 26.3 Å². The van der Waals surface area contributed by atoms with Gasteiger partial charge in [-0.05, 0) is 69.6 Å². The fourth-order valence-electron chi connectivity index (χ4n) is 4.88. The van der Waals surface area contributed by atoms with Crippen molar-refractivity contribution in [3.8, 4) is 0 Å². The van der Waals surface area contributed by atoms with Crippen LogP contribution in [0.25, 0.3) is 0 Å². The predicted molar refractivity (Wildman–Crippen MR) is 71.0 cm³/mol. The summed E-state index contributed by atoms with van der Waals surface area (Å²) in [6.45, 7) is 3.95. The molecule has 0 spiro atoms. The fraction of sp³-hybridized carbons (Fsp3) is 0.812. The lowest BCUT2D eigenvalue weighted by Gasteiger charge is -2.55. The molecule has 0 radical (unpaired) electrons. The molecule has 0 heterocycles. The van der Waals surface area contributed by atoms with Crippen LogP contribution in [0, 0.1) is 17.8 Å². The van der Waals surface area contributed by atoms with E-state index in [0.29, 0.717) is 0 Å². The van der Waals surface area contributed by atoms with Crippen molar-refractivity contribution in [1.29, 1.82) is 0 Å². The standard InChI is InChI=1S/C16H24O2/c1-3-14(4-2)15(17)18-16-8-11-5-12(9-16)7-13(6-11)10-16/h3,11-13H,4-10H2,1-2H3/b14-3-. The van der Waals surface area contributed by atoms with Crippen molar-refractivity contribution in [1.82, 2.24) is 0 Å². The summed E-state index contributed by atoms with van der Waals surface area (Å²) < 4.78 is 5.99. The van der Waals surface area contributed by atoms with Crippen LogP contribution in [0.5, 0.6) is 0 Å². The van der Waals surface area contributed by atoms with Gasteiger partial charge in [0.25, 0.3) is 0 Å². The molecule has 0 amide bonds. The highest BCUT2D eigenvalue weighted by Gasteiger charge is 2.53. The average molecular weight is 248 g/mol. The van der Waals surface area contributed by atoms with E-state index in [-0.39, 0.29) is 11.6 Å². The van der Waals surface area contributed by atoms with Crippen molar-refractivity contribution >= 4 is 5.97 Å². The number of carbonyl (C=O) groups is 1. The lowest BCUT2D eigenvalue weighted by molar-refractivity contribution is -0.182. The number of rotatable bonds is 3. The van der Waals surface area contributed by atoms with Crippen LogP contribution in [-0.2, 0) is 9.53 Å². The third kappa shape index (κ3) is 2.00. The quantitative estimate of drug-likeness (QED) is 0.560. The molecule has 0 aromatic heterocycles. The van der Waals surface area contributed by atoms with Gasteiger partial charge in [0.05, 0.1) is 0 Å². The molecule has 0 aliphatic heterocycles. The van der Waals surface area contributed by atoms with E-state index in [2.05, 4.69) is 0 Å². The number of hydrogen-bond donors (Lipinski definition) is 0. The Morgan fingerprint density at radius 3 is 2.06 bits per heavy atom. The van der Waals surface area contributed by atoms with Gasteiger partial charge in [0, 0.05) is 5.57 Å². The van der Waals surface area contributed by atoms with Crippen LogP contribution in [0.2, 0.25) is 0 Å². The zero-order valence-electron chi connectivity index (χ0n) is 11.6. The van der Waals surface area contributed by atoms with Crippen molar-refractivity contribution in [2.24, 2.45) is 17.8 Å². The van der Waals surface area contributed by atoms with Crippen LogP contribution < -0.4 is 0 Å². The Hall–Kier alpha value is -0.790. The second kappa shape index (κ2) is 4.40. The molecule has 2 heteroatoms. The van der Waals surface area contributed by atoms with Crippen LogP contribution in [0.15, 0.2) is 11.6 Å². The average Bonchev–Trinajstić information content (AvgIpc) is 2.27. The number of carbonyl (C=O) groups excluding carboxylic acids is 1. The van der Waals surface area contributed by atoms with E-state index in [9.17, 15) is 4.79 Å². The smallest absolute Gasteiger partial charge is 0.334 e. The summed E-state index contributed by atoms with van der Waals surface area (Å²) in [5, 5.41) is 0. The second-order valence-electron chi connectivity index (χ2n) is 6.66. The highest BCUT2D eigenvalue weighted by molar-refractivity contribution is 5.88. The van der Waals surface area contributed by atoms with Crippen molar-refractivity contribution in [3.63, 3.8) is 0 Å². The summed E-state index contributed by atoms with van der Waals surface area (Å²) in [4.78, 5) is 12.2. The lowest BCUT2D eigenvalue weighted by Crippen LogP contribution is -2.52. The predicted octanol–water partition coefficient (Wildman–Crippen LogP) is 3.85. The van der Waals surface area contributed by atoms with Crippen molar-refractivity contribution in [2.45, 2.75) is 64.4 Å². The highest BCUT2D eigenvalue weighted by atomic mass is 16.6. The summed E-state index contributed by atoms with van der Waals surface area (Å²) in [7, 11) is 0. The normalized spacial score (nSPS) is 42.1. The molecule has 0 unspecified atom stereocenters. The summed E-state index contributed by atoms with van der Waals surface area (Å²) in [5.41, 5.74) is 0.751. The Kier molecular flexibility index (Phi) is 2.99. The molecule has 4 saturated carbocycles. The zero-order valence-corrected chi connectivity index (χ0v) is 11.6. The summed E-state index contributed by atoms with van der Waals surface area (Å²) >= 11 is 0. The number of esters is 1. The van der Waals surface area contributed by atoms with Gasteiger partial charge >= 0.3 is 5.97 Å². The first kappa shape index (κ1) is 12.3. The number of allylic oxidation sites excluding steroid dienone is 1. The Morgan fingerprint density at radius 2 is 1.67 bits per heavy atom. The van der Waals surface area contributed by atoms with Crippen molar-refractivity contribution in [2.75, 3.05) is 0 Å². The third-order valence-corrected chi connectivity index (χ3v) is 5.28. The van der Waals surface area contributed by atoms with Crippen molar-refractivity contribution in [3.05, 3.63) is 11.6 Å². The van der Waals surface area contributed by atoms with Crippen LogP contribution in [0.3, 0.4) is 0 Å². The minimum atomic E-state index is -0.0880. The van der Waals surface area contributed by atoms with E-state index in [1.54, 1.807) is 0 Å². The molecule has 100 valence electrons. The summed E-state index contributed by atoms with van der Waals surface area (Å²) in [6, 6.07) is 0. The molecule has 4 bridgehead atoms. The van der Waals surface area contributed by atoms with Gasteiger partial charge < -0.3 is 4.74 Å². The van der Waals surface area contributed by atoms with Gasteiger partial charge in [-0.1, -0.05) is 13.0 Å². The molecule has 0 N–H and O–H groups in total. The third-order valence-electron chi connectivity index (χ3n) is 5.28. The van der Waals surface area contributed by atoms with Gasteiger partial charge in [0.15, 0.2) is 0 Å². The van der Waals surface area contributed by atoms with Crippen LogP contribution in [0.1, 0.15) is 58.8 Å². The second-order valence-corrected chi connectivity index (χ2v) is 6.66. The van der Waals surface area contributed by atoms with Gasteiger partial charge in [-0.15, -0.1) is 0 Å². The van der Waals surface area contributed by atoms with Gasteiger partial charge in [0.2, 0.25) is 0 Å². The monoisotopic (exact) mass is 248 g/mol. The SMILES string of the molecule is C/C=C(/CC)C(=O)OC12CC3CC(CC(C3)C1)C2. The van der Waals surface area contributed by atoms with Gasteiger partial charge in [-0.25, -0.2) is 4.79 Å². The molecule has 4 aliphatic carbocycles. The van der Waals surface area contributed by atoms with E-state index < -0.39 is 0 Å². The molecule has 0 aromatic carbocycles. The largest absolute Gasteiger partial charge is 0.456 e. The highest BCUT2D eigenvalue weighted by Crippen LogP contribution is 2.57. The molecular weight excluding hydrogens is 224 g/mol. The Balaban J connectivity index is 1.74. The summed E-state index contributed by atoms with van der Waals surface area (Å²) in [6.07, 6.45) is 10.2. The van der Waals surface area contributed by atoms with E-state index in [1.807, 2.05) is 19.9 Å². The molecular formula is C16H24O2. The van der Waals surface area contributed by atoms with E-state index >= 15 is 0 Å². The van der Waals surface area contributed by atoms with Gasteiger partial charge in [-0.2, -0.15) is 0 Å². The molecule has 2 nitrogen and oxygen atoms in total. The first-order valence-electron chi connectivity index (χ1n) is 7.52. The van der Waals surface area contributed by atoms with Gasteiger partial charge in [-0.3, -0.25) is 0 Å². The number of ether oxygens (including phenoxy) is 1. The Bertz CT molecular complexity index is 345. The maximum atomic E-state index is 12.2. The van der Waals surface area contributed by atoms with Crippen LogP contribution in [0.4, 0.5) is 0 Å². The Morgan fingerprint density at radius 1 is 1.17 bits per heavy atom. The maximum Gasteiger partial charge on any atom is 0.334 e. The van der Waals surface area contributed by atoms with E-state index in [4.69, 9.17) is 4.74 Å². The molecule has 0 saturated heterocycles. The molecule has 0 atom stereocenters. The van der Waals surface area contributed by atoms with E-state index in [0.717, 1.165) is 49.0 Å². The van der Waals surface area contributed by atoms with E-state index in [1.165, 1.54) is 19.3 Å². The van der Waals surface area contributed by atoms with Crippen molar-refractivity contribution < 1.29 is 9.53 Å². The summed E-state index contributed by atoms with van der Waals surface area (Å²) in [5.74, 6) is 2.45. The lowest BCUT2D eigenvalue weighted by atomic mass is 9.54. The first-order chi connectivity index (χ1) is 8.64. The molecule has 0 aromatic rings. The zero-order chi connectivity index (χ0) is 12.8. The van der Waals surface area contributed by atoms with Crippen LogP contribution >= 0.6 is 0 Å². The molecule has 4 rings (SSSR count). The van der Waals surface area contributed by atoms with Gasteiger partial charge in [0.1, 0.15) is 5.60 Å².